The minimum absolute atomic E-state index is 0.0827. The van der Waals surface area contributed by atoms with Crippen LogP contribution < -0.4 is 15.4 Å². The number of carbonyl (C=O) groups excluding carboxylic acids is 2. The molecule has 174 valence electrons. The van der Waals surface area contributed by atoms with Gasteiger partial charge < -0.3 is 20.5 Å². The topological polar surface area (TPSA) is 87.7 Å². The SMILES string of the molecule is O=C(/C=C1\CCCOc2cc(C(F)(F)F)ccc21)NC1=CNC(=O)C(C2(O)C=CC=CC2)S1. The normalized spacial score (nSPS) is 26.1. The maximum absolute atomic E-state index is 13.0. The Balaban J connectivity index is 1.51. The number of alkyl halides is 3. The van der Waals surface area contributed by atoms with Crippen LogP contribution in [-0.2, 0) is 15.8 Å². The Morgan fingerprint density at radius 2 is 2.15 bits per heavy atom. The van der Waals surface area contributed by atoms with Crippen molar-refractivity contribution in [2.45, 2.75) is 36.3 Å². The summed E-state index contributed by atoms with van der Waals surface area (Å²) in [4.78, 5) is 25.0. The number of thioether (sulfide) groups is 1. The summed E-state index contributed by atoms with van der Waals surface area (Å²) in [5.74, 6) is -0.800. The molecule has 2 amide bonds. The zero-order valence-electron chi connectivity index (χ0n) is 17.3. The number of ether oxygens (including phenoxy) is 1. The summed E-state index contributed by atoms with van der Waals surface area (Å²) in [6.45, 7) is 0.239. The zero-order chi connectivity index (χ0) is 23.6. The number of allylic oxidation sites excluding steroid dienone is 3. The van der Waals surface area contributed by atoms with E-state index in [1.807, 2.05) is 0 Å². The first kappa shape index (κ1) is 23.2. The quantitative estimate of drug-likeness (QED) is 0.578. The molecule has 1 aliphatic carbocycles. The second-order valence-corrected chi connectivity index (χ2v) is 8.96. The van der Waals surface area contributed by atoms with Crippen LogP contribution >= 0.6 is 11.8 Å². The molecule has 0 radical (unpaired) electrons. The largest absolute Gasteiger partial charge is 0.493 e. The van der Waals surface area contributed by atoms with Gasteiger partial charge >= 0.3 is 6.18 Å². The van der Waals surface area contributed by atoms with Crippen molar-refractivity contribution < 1.29 is 32.6 Å². The lowest BCUT2D eigenvalue weighted by atomic mass is 9.91. The summed E-state index contributed by atoms with van der Waals surface area (Å²) in [6, 6.07) is 3.22. The van der Waals surface area contributed by atoms with Crippen LogP contribution in [0.3, 0.4) is 0 Å². The van der Waals surface area contributed by atoms with E-state index in [-0.39, 0.29) is 24.7 Å². The first-order valence-electron chi connectivity index (χ1n) is 10.3. The standard InChI is InChI=1S/C23H21F3N2O4S/c24-23(25,26)15-6-7-16-14(5-4-10-32-17(16)12-15)11-18(29)28-19-13-27-21(30)20(33-19)22(31)8-2-1-3-9-22/h1-3,6-8,11-13,20,31H,4-5,9-10H2,(H,27,30)(H,28,29)/b14-11+. The van der Waals surface area contributed by atoms with E-state index in [1.54, 1.807) is 24.3 Å². The lowest BCUT2D eigenvalue weighted by Gasteiger charge is -2.34. The van der Waals surface area contributed by atoms with Crippen LogP contribution in [0, 0.1) is 0 Å². The summed E-state index contributed by atoms with van der Waals surface area (Å²) in [5, 5.41) is 15.6. The number of fused-ring (bicyclic) bond motifs is 1. The van der Waals surface area contributed by atoms with E-state index >= 15 is 0 Å². The molecular weight excluding hydrogens is 457 g/mol. The Bertz CT molecular complexity index is 1090. The number of benzene rings is 1. The molecule has 2 aliphatic heterocycles. The number of carbonyl (C=O) groups is 2. The molecule has 4 rings (SSSR count). The number of aliphatic hydroxyl groups is 1. The molecule has 2 heterocycles. The molecule has 3 N–H and O–H groups in total. The Labute approximate surface area is 192 Å². The van der Waals surface area contributed by atoms with Crippen molar-refractivity contribution in [3.8, 4) is 5.75 Å². The Morgan fingerprint density at radius 1 is 1.33 bits per heavy atom. The van der Waals surface area contributed by atoms with E-state index < -0.39 is 28.5 Å². The lowest BCUT2D eigenvalue weighted by molar-refractivity contribution is -0.137. The molecule has 0 saturated heterocycles. The average Bonchev–Trinajstić information content (AvgIpc) is 2.96. The van der Waals surface area contributed by atoms with E-state index in [9.17, 15) is 27.9 Å². The molecule has 0 aromatic heterocycles. The average molecular weight is 478 g/mol. The van der Waals surface area contributed by atoms with Crippen molar-refractivity contribution in [1.82, 2.24) is 10.6 Å². The van der Waals surface area contributed by atoms with Crippen molar-refractivity contribution >= 4 is 29.1 Å². The number of hydrogen-bond acceptors (Lipinski definition) is 5. The van der Waals surface area contributed by atoms with Crippen LogP contribution in [0.25, 0.3) is 5.57 Å². The molecule has 6 nitrogen and oxygen atoms in total. The Kier molecular flexibility index (Phi) is 6.40. The molecule has 3 aliphatic rings. The second-order valence-electron chi connectivity index (χ2n) is 7.82. The predicted molar refractivity (Wildman–Crippen MR) is 118 cm³/mol. The van der Waals surface area contributed by atoms with Gasteiger partial charge in [0.2, 0.25) is 11.8 Å². The highest BCUT2D eigenvalue weighted by molar-refractivity contribution is 8.04. The van der Waals surface area contributed by atoms with E-state index in [0.29, 0.717) is 29.0 Å². The smallest absolute Gasteiger partial charge is 0.416 e. The number of nitrogens with one attached hydrogen (secondary N) is 2. The summed E-state index contributed by atoms with van der Waals surface area (Å²) in [5.41, 5.74) is -1.22. The molecule has 33 heavy (non-hydrogen) atoms. The number of halogens is 3. The van der Waals surface area contributed by atoms with Gasteiger partial charge in [0, 0.05) is 17.8 Å². The predicted octanol–water partition coefficient (Wildman–Crippen LogP) is 3.66. The third kappa shape index (κ3) is 5.17. The van der Waals surface area contributed by atoms with Crippen LogP contribution in [-0.4, -0.2) is 34.4 Å². The van der Waals surface area contributed by atoms with Crippen molar-refractivity contribution in [2.75, 3.05) is 6.61 Å². The fourth-order valence-electron chi connectivity index (χ4n) is 3.77. The summed E-state index contributed by atoms with van der Waals surface area (Å²) in [6.07, 6.45) is 6.17. The van der Waals surface area contributed by atoms with E-state index in [2.05, 4.69) is 10.6 Å². The van der Waals surface area contributed by atoms with Gasteiger partial charge in [0.25, 0.3) is 0 Å². The van der Waals surface area contributed by atoms with Gasteiger partial charge in [-0.2, -0.15) is 13.2 Å². The molecule has 10 heteroatoms. The van der Waals surface area contributed by atoms with Crippen LogP contribution in [0.2, 0.25) is 0 Å². The summed E-state index contributed by atoms with van der Waals surface area (Å²) >= 11 is 1.03. The Morgan fingerprint density at radius 3 is 2.88 bits per heavy atom. The molecule has 0 saturated carbocycles. The van der Waals surface area contributed by atoms with Crippen molar-refractivity contribution in [2.24, 2.45) is 0 Å². The van der Waals surface area contributed by atoms with Crippen molar-refractivity contribution in [3.63, 3.8) is 0 Å². The molecule has 2 atom stereocenters. The van der Waals surface area contributed by atoms with E-state index in [1.165, 1.54) is 18.3 Å². The molecule has 1 aromatic carbocycles. The highest BCUT2D eigenvalue weighted by Crippen LogP contribution is 2.39. The third-order valence-corrected chi connectivity index (χ3v) is 6.75. The van der Waals surface area contributed by atoms with Gasteiger partial charge in [0.15, 0.2) is 0 Å². The molecule has 0 fully saturated rings. The maximum atomic E-state index is 13.0. The van der Waals surface area contributed by atoms with Gasteiger partial charge in [-0.15, -0.1) is 0 Å². The van der Waals surface area contributed by atoms with Gasteiger partial charge in [0.1, 0.15) is 16.6 Å². The lowest BCUT2D eigenvalue weighted by Crippen LogP contribution is -2.50. The molecule has 1 aromatic rings. The minimum atomic E-state index is -4.50. The minimum Gasteiger partial charge on any atom is -0.493 e. The molecule has 0 spiro atoms. The van der Waals surface area contributed by atoms with Crippen LogP contribution in [0.5, 0.6) is 5.75 Å². The number of amides is 2. The van der Waals surface area contributed by atoms with Crippen molar-refractivity contribution in [1.29, 1.82) is 0 Å². The van der Waals surface area contributed by atoms with Gasteiger partial charge in [-0.05, 0) is 37.0 Å². The summed E-state index contributed by atoms with van der Waals surface area (Å²) in [7, 11) is 0. The second kappa shape index (κ2) is 9.11. The highest BCUT2D eigenvalue weighted by Gasteiger charge is 2.42. The van der Waals surface area contributed by atoms with Crippen LogP contribution in [0.1, 0.15) is 30.4 Å². The van der Waals surface area contributed by atoms with Crippen LogP contribution in [0.4, 0.5) is 13.2 Å². The fourth-order valence-corrected chi connectivity index (χ4v) is 4.86. The monoisotopic (exact) mass is 478 g/mol. The molecule has 0 bridgehead atoms. The van der Waals surface area contributed by atoms with E-state index in [4.69, 9.17) is 4.74 Å². The first-order valence-corrected chi connectivity index (χ1v) is 11.1. The summed E-state index contributed by atoms with van der Waals surface area (Å²) < 4.78 is 44.6. The molecule has 2 unspecified atom stereocenters. The van der Waals surface area contributed by atoms with E-state index in [0.717, 1.165) is 23.9 Å². The number of hydrogen-bond donors (Lipinski definition) is 3. The first-order chi connectivity index (χ1) is 15.7. The van der Waals surface area contributed by atoms with Gasteiger partial charge in [-0.1, -0.05) is 42.1 Å². The maximum Gasteiger partial charge on any atom is 0.416 e. The Hall–Kier alpha value is -2.98. The zero-order valence-corrected chi connectivity index (χ0v) is 18.1. The fraction of sp³-hybridized carbons (Fsp3) is 0.304. The van der Waals surface area contributed by atoms with Gasteiger partial charge in [0.05, 0.1) is 17.2 Å². The van der Waals surface area contributed by atoms with Gasteiger partial charge in [-0.3, -0.25) is 9.59 Å². The highest BCUT2D eigenvalue weighted by atomic mass is 32.2. The van der Waals surface area contributed by atoms with Crippen LogP contribution in [0.15, 0.2) is 59.8 Å². The number of rotatable bonds is 3. The van der Waals surface area contributed by atoms with Crippen molar-refractivity contribution in [3.05, 3.63) is 70.9 Å². The third-order valence-electron chi connectivity index (χ3n) is 5.41. The van der Waals surface area contributed by atoms with Gasteiger partial charge in [-0.25, -0.2) is 0 Å². The molecular formula is C23H21F3N2O4S.